The third-order valence-corrected chi connectivity index (χ3v) is 3.22. The Morgan fingerprint density at radius 2 is 1.89 bits per heavy atom. The minimum atomic E-state index is -0.338. The standard InChI is InChI=1S/C14H15ClN2O2/c1-18-12-4-3-9(7-13(12)19-2)14(16)10-5-6-17-8-11(10)15/h3-8,14H,16H2,1-2H3. The maximum absolute atomic E-state index is 6.22. The number of aromatic nitrogens is 1. The van der Waals surface area contributed by atoms with E-state index in [9.17, 15) is 0 Å². The molecule has 1 atom stereocenters. The molecule has 2 rings (SSSR count). The van der Waals surface area contributed by atoms with Gasteiger partial charge in [0.05, 0.1) is 25.3 Å². The highest BCUT2D eigenvalue weighted by molar-refractivity contribution is 6.31. The van der Waals surface area contributed by atoms with Gasteiger partial charge in [0.15, 0.2) is 11.5 Å². The van der Waals surface area contributed by atoms with Gasteiger partial charge >= 0.3 is 0 Å². The van der Waals surface area contributed by atoms with Crippen LogP contribution in [0.2, 0.25) is 5.02 Å². The first-order valence-electron chi connectivity index (χ1n) is 5.74. The second-order valence-electron chi connectivity index (χ2n) is 3.99. The smallest absolute Gasteiger partial charge is 0.161 e. The molecule has 1 heterocycles. The lowest BCUT2D eigenvalue weighted by molar-refractivity contribution is 0.354. The molecule has 1 aromatic carbocycles. The molecule has 2 N–H and O–H groups in total. The lowest BCUT2D eigenvalue weighted by Gasteiger charge is -2.16. The van der Waals surface area contributed by atoms with Crippen LogP contribution in [0.4, 0.5) is 0 Å². The molecule has 0 bridgehead atoms. The van der Waals surface area contributed by atoms with E-state index in [2.05, 4.69) is 4.98 Å². The summed E-state index contributed by atoms with van der Waals surface area (Å²) in [5.41, 5.74) is 7.94. The predicted molar refractivity (Wildman–Crippen MR) is 74.8 cm³/mol. The Balaban J connectivity index is 2.39. The van der Waals surface area contributed by atoms with Gasteiger partial charge in [0.25, 0.3) is 0 Å². The van der Waals surface area contributed by atoms with Gasteiger partial charge < -0.3 is 15.2 Å². The third kappa shape index (κ3) is 2.80. The Bertz CT molecular complexity index is 575. The molecule has 0 saturated heterocycles. The van der Waals surface area contributed by atoms with Crippen molar-refractivity contribution in [2.45, 2.75) is 6.04 Å². The summed E-state index contributed by atoms with van der Waals surface area (Å²) in [7, 11) is 3.18. The van der Waals surface area contributed by atoms with Gasteiger partial charge in [-0.3, -0.25) is 4.98 Å². The van der Waals surface area contributed by atoms with Crippen molar-refractivity contribution in [1.82, 2.24) is 4.98 Å². The van der Waals surface area contributed by atoms with Gasteiger partial charge in [0.2, 0.25) is 0 Å². The zero-order valence-corrected chi connectivity index (χ0v) is 11.5. The van der Waals surface area contributed by atoms with E-state index in [1.807, 2.05) is 24.3 Å². The van der Waals surface area contributed by atoms with Crippen LogP contribution in [-0.4, -0.2) is 19.2 Å². The van der Waals surface area contributed by atoms with E-state index in [-0.39, 0.29) is 6.04 Å². The summed E-state index contributed by atoms with van der Waals surface area (Å²) >= 11 is 6.10. The van der Waals surface area contributed by atoms with Crippen molar-refractivity contribution in [3.05, 3.63) is 52.8 Å². The highest BCUT2D eigenvalue weighted by Gasteiger charge is 2.14. The van der Waals surface area contributed by atoms with Crippen LogP contribution >= 0.6 is 11.6 Å². The fourth-order valence-electron chi connectivity index (χ4n) is 1.86. The van der Waals surface area contributed by atoms with E-state index in [0.717, 1.165) is 11.1 Å². The minimum absolute atomic E-state index is 0.338. The average molecular weight is 279 g/mol. The first kappa shape index (κ1) is 13.6. The molecule has 1 unspecified atom stereocenters. The number of rotatable bonds is 4. The number of halogens is 1. The van der Waals surface area contributed by atoms with Crippen LogP contribution in [0.3, 0.4) is 0 Å². The van der Waals surface area contributed by atoms with E-state index in [1.54, 1.807) is 26.6 Å². The topological polar surface area (TPSA) is 57.4 Å². The summed E-state index contributed by atoms with van der Waals surface area (Å²) in [6.07, 6.45) is 3.25. The maximum Gasteiger partial charge on any atom is 0.161 e. The molecule has 100 valence electrons. The van der Waals surface area contributed by atoms with Gasteiger partial charge in [-0.15, -0.1) is 0 Å². The van der Waals surface area contributed by atoms with Crippen molar-refractivity contribution in [2.24, 2.45) is 5.73 Å². The molecule has 0 saturated carbocycles. The van der Waals surface area contributed by atoms with Crippen LogP contribution in [-0.2, 0) is 0 Å². The third-order valence-electron chi connectivity index (χ3n) is 2.91. The van der Waals surface area contributed by atoms with Gasteiger partial charge in [-0.1, -0.05) is 17.7 Å². The van der Waals surface area contributed by atoms with Crippen LogP contribution in [0.25, 0.3) is 0 Å². The van der Waals surface area contributed by atoms with Crippen LogP contribution in [0.1, 0.15) is 17.2 Å². The number of benzene rings is 1. The Labute approximate surface area is 117 Å². The lowest BCUT2D eigenvalue weighted by atomic mass is 10.00. The van der Waals surface area contributed by atoms with Crippen LogP contribution < -0.4 is 15.2 Å². The summed E-state index contributed by atoms with van der Waals surface area (Å²) in [4.78, 5) is 3.95. The fourth-order valence-corrected chi connectivity index (χ4v) is 2.10. The highest BCUT2D eigenvalue weighted by atomic mass is 35.5. The molecular weight excluding hydrogens is 264 g/mol. The quantitative estimate of drug-likeness (QED) is 0.934. The zero-order valence-electron chi connectivity index (χ0n) is 10.8. The molecular formula is C14H15ClN2O2. The van der Waals surface area contributed by atoms with Crippen molar-refractivity contribution < 1.29 is 9.47 Å². The largest absolute Gasteiger partial charge is 0.493 e. The maximum atomic E-state index is 6.22. The van der Waals surface area contributed by atoms with E-state index < -0.39 is 0 Å². The van der Waals surface area contributed by atoms with Gasteiger partial charge in [-0.05, 0) is 29.3 Å². The number of hydrogen-bond acceptors (Lipinski definition) is 4. The van der Waals surface area contributed by atoms with Crippen molar-refractivity contribution in [1.29, 1.82) is 0 Å². The molecule has 0 aliphatic rings. The van der Waals surface area contributed by atoms with E-state index in [0.29, 0.717) is 16.5 Å². The van der Waals surface area contributed by atoms with Crippen LogP contribution in [0.15, 0.2) is 36.7 Å². The van der Waals surface area contributed by atoms with E-state index >= 15 is 0 Å². The number of nitrogens with two attached hydrogens (primary N) is 1. The first-order chi connectivity index (χ1) is 9.17. The van der Waals surface area contributed by atoms with Gasteiger partial charge in [-0.25, -0.2) is 0 Å². The molecule has 0 spiro atoms. The SMILES string of the molecule is COc1ccc(C(N)c2ccncc2Cl)cc1OC. The van der Waals surface area contributed by atoms with Crippen molar-refractivity contribution in [3.63, 3.8) is 0 Å². The summed E-state index contributed by atoms with van der Waals surface area (Å²) in [6, 6.07) is 7.03. The summed E-state index contributed by atoms with van der Waals surface area (Å²) in [6.45, 7) is 0. The molecule has 0 aliphatic heterocycles. The van der Waals surface area contributed by atoms with Crippen LogP contribution in [0, 0.1) is 0 Å². The first-order valence-corrected chi connectivity index (χ1v) is 6.12. The number of hydrogen-bond donors (Lipinski definition) is 1. The number of nitrogens with zero attached hydrogens (tertiary/aromatic N) is 1. The number of pyridine rings is 1. The molecule has 19 heavy (non-hydrogen) atoms. The average Bonchev–Trinajstić information content (AvgIpc) is 2.46. The number of ether oxygens (including phenoxy) is 2. The van der Waals surface area contributed by atoms with Crippen LogP contribution in [0.5, 0.6) is 11.5 Å². The lowest BCUT2D eigenvalue weighted by Crippen LogP contribution is -2.12. The van der Waals surface area contributed by atoms with Gasteiger partial charge in [-0.2, -0.15) is 0 Å². The van der Waals surface area contributed by atoms with Crippen molar-refractivity contribution in [3.8, 4) is 11.5 Å². The Morgan fingerprint density at radius 3 is 2.53 bits per heavy atom. The minimum Gasteiger partial charge on any atom is -0.493 e. The second kappa shape index (κ2) is 5.91. The second-order valence-corrected chi connectivity index (χ2v) is 4.40. The predicted octanol–water partition coefficient (Wildman–Crippen LogP) is 2.80. The summed E-state index contributed by atoms with van der Waals surface area (Å²) < 4.78 is 10.5. The summed E-state index contributed by atoms with van der Waals surface area (Å²) in [5, 5.41) is 0.546. The Hall–Kier alpha value is -1.78. The monoisotopic (exact) mass is 278 g/mol. The Kier molecular flexibility index (Phi) is 4.24. The van der Waals surface area contributed by atoms with E-state index in [1.165, 1.54) is 0 Å². The molecule has 0 amide bonds. The van der Waals surface area contributed by atoms with E-state index in [4.69, 9.17) is 26.8 Å². The zero-order chi connectivity index (χ0) is 13.8. The normalized spacial score (nSPS) is 12.0. The van der Waals surface area contributed by atoms with Crippen molar-refractivity contribution in [2.75, 3.05) is 14.2 Å². The molecule has 4 nitrogen and oxygen atoms in total. The summed E-state index contributed by atoms with van der Waals surface area (Å²) in [5.74, 6) is 1.31. The van der Waals surface area contributed by atoms with Crippen molar-refractivity contribution >= 4 is 11.6 Å². The highest BCUT2D eigenvalue weighted by Crippen LogP contribution is 2.32. The van der Waals surface area contributed by atoms with Gasteiger partial charge in [0.1, 0.15) is 0 Å². The molecule has 0 aliphatic carbocycles. The fraction of sp³-hybridized carbons (Fsp3) is 0.214. The molecule has 5 heteroatoms. The number of methoxy groups -OCH3 is 2. The molecule has 2 aromatic rings. The molecule has 0 radical (unpaired) electrons. The molecule has 1 aromatic heterocycles. The Morgan fingerprint density at radius 1 is 1.16 bits per heavy atom. The molecule has 0 fully saturated rings. The van der Waals surface area contributed by atoms with Gasteiger partial charge in [0, 0.05) is 12.4 Å².